The van der Waals surface area contributed by atoms with E-state index in [4.69, 9.17) is 0 Å². The summed E-state index contributed by atoms with van der Waals surface area (Å²) >= 11 is 0. The van der Waals surface area contributed by atoms with Crippen LogP contribution in [0.3, 0.4) is 0 Å². The Labute approximate surface area is 132 Å². The van der Waals surface area contributed by atoms with Crippen LogP contribution in [0.4, 0.5) is 14.5 Å². The van der Waals surface area contributed by atoms with Gasteiger partial charge in [-0.2, -0.15) is 0 Å². The van der Waals surface area contributed by atoms with Gasteiger partial charge in [0.25, 0.3) is 5.91 Å². The van der Waals surface area contributed by atoms with Gasteiger partial charge in [0.1, 0.15) is 11.6 Å². The van der Waals surface area contributed by atoms with Crippen molar-refractivity contribution in [3.8, 4) is 0 Å². The van der Waals surface area contributed by atoms with Gasteiger partial charge in [-0.25, -0.2) is 8.78 Å². The largest absolute Gasteiger partial charge is 0.352 e. The second-order valence-electron chi connectivity index (χ2n) is 5.00. The Hall–Kier alpha value is -2.76. The average Bonchev–Trinajstić information content (AvgIpc) is 2.49. The number of hydrogen-bond donors (Lipinski definition) is 2. The van der Waals surface area contributed by atoms with E-state index in [1.807, 2.05) is 0 Å². The van der Waals surface area contributed by atoms with Gasteiger partial charge >= 0.3 is 0 Å². The van der Waals surface area contributed by atoms with Gasteiger partial charge in [-0.05, 0) is 42.3 Å². The molecular weight excluding hydrogens is 302 g/mol. The molecule has 2 aromatic rings. The predicted molar refractivity (Wildman–Crippen MR) is 83.1 cm³/mol. The van der Waals surface area contributed by atoms with Gasteiger partial charge < -0.3 is 10.6 Å². The molecule has 0 aliphatic heterocycles. The number of carbonyl (C=O) groups is 2. The summed E-state index contributed by atoms with van der Waals surface area (Å²) in [6, 6.07) is 9.77. The molecule has 0 heterocycles. The lowest BCUT2D eigenvalue weighted by atomic mass is 10.1. The molecule has 0 aliphatic carbocycles. The minimum absolute atomic E-state index is 0.191. The van der Waals surface area contributed by atoms with E-state index >= 15 is 0 Å². The summed E-state index contributed by atoms with van der Waals surface area (Å²) in [5.41, 5.74) is 1.37. The van der Waals surface area contributed by atoms with Crippen molar-refractivity contribution in [2.75, 3.05) is 11.9 Å². The van der Waals surface area contributed by atoms with Crippen LogP contribution < -0.4 is 10.6 Å². The lowest BCUT2D eigenvalue weighted by molar-refractivity contribution is -0.114. The summed E-state index contributed by atoms with van der Waals surface area (Å²) in [5, 5.41) is 5.27. The maximum absolute atomic E-state index is 13.5. The molecule has 0 saturated carbocycles. The average molecular weight is 318 g/mol. The molecule has 0 spiro atoms. The quantitative estimate of drug-likeness (QED) is 0.890. The van der Waals surface area contributed by atoms with Crippen LogP contribution in [0.5, 0.6) is 0 Å². The molecule has 0 fully saturated rings. The third-order valence-electron chi connectivity index (χ3n) is 3.16. The van der Waals surface area contributed by atoms with Crippen LogP contribution in [0.15, 0.2) is 42.5 Å². The predicted octanol–water partition coefficient (Wildman–Crippen LogP) is 2.90. The Bertz CT molecular complexity index is 715. The molecule has 2 amide bonds. The number of hydrogen-bond acceptors (Lipinski definition) is 2. The molecular formula is C17H16F2N2O2. The summed E-state index contributed by atoms with van der Waals surface area (Å²) in [6.07, 6.45) is 0.266. The number of benzene rings is 2. The fourth-order valence-corrected chi connectivity index (χ4v) is 2.05. The Morgan fingerprint density at radius 2 is 1.74 bits per heavy atom. The first-order chi connectivity index (χ1) is 11.0. The normalized spacial score (nSPS) is 10.2. The second kappa shape index (κ2) is 7.49. The highest BCUT2D eigenvalue weighted by Gasteiger charge is 2.07. The van der Waals surface area contributed by atoms with Gasteiger partial charge in [-0.1, -0.05) is 6.07 Å². The first-order valence-corrected chi connectivity index (χ1v) is 7.05. The van der Waals surface area contributed by atoms with Crippen LogP contribution in [0, 0.1) is 11.6 Å². The Kier molecular flexibility index (Phi) is 5.41. The summed E-state index contributed by atoms with van der Waals surface area (Å²) in [7, 11) is 0. The first-order valence-electron chi connectivity index (χ1n) is 7.05. The van der Waals surface area contributed by atoms with E-state index in [0.717, 1.165) is 6.07 Å². The van der Waals surface area contributed by atoms with Gasteiger partial charge in [-0.3, -0.25) is 9.59 Å². The van der Waals surface area contributed by atoms with Crippen molar-refractivity contribution in [1.82, 2.24) is 5.32 Å². The monoisotopic (exact) mass is 318 g/mol. The molecule has 2 aromatic carbocycles. The number of amides is 2. The molecule has 23 heavy (non-hydrogen) atoms. The van der Waals surface area contributed by atoms with Gasteiger partial charge in [0.2, 0.25) is 5.91 Å². The minimum atomic E-state index is -0.630. The molecule has 2 rings (SSSR count). The van der Waals surface area contributed by atoms with Crippen LogP contribution >= 0.6 is 0 Å². The maximum Gasteiger partial charge on any atom is 0.251 e. The Morgan fingerprint density at radius 1 is 1.04 bits per heavy atom. The van der Waals surface area contributed by atoms with Crippen LogP contribution in [-0.2, 0) is 11.2 Å². The zero-order valence-electron chi connectivity index (χ0n) is 12.5. The van der Waals surface area contributed by atoms with E-state index in [1.54, 1.807) is 24.3 Å². The highest BCUT2D eigenvalue weighted by atomic mass is 19.1. The van der Waals surface area contributed by atoms with E-state index in [9.17, 15) is 18.4 Å². The maximum atomic E-state index is 13.5. The number of carbonyl (C=O) groups excluding carboxylic acids is 2. The number of halogens is 2. The minimum Gasteiger partial charge on any atom is -0.352 e. The van der Waals surface area contributed by atoms with Gasteiger partial charge in [-0.15, -0.1) is 0 Å². The van der Waals surface area contributed by atoms with Crippen LogP contribution in [0.25, 0.3) is 0 Å². The molecule has 0 atom stereocenters. The van der Waals surface area contributed by atoms with E-state index < -0.39 is 11.6 Å². The van der Waals surface area contributed by atoms with E-state index in [2.05, 4.69) is 10.6 Å². The molecule has 0 unspecified atom stereocenters. The van der Waals surface area contributed by atoms with Crippen molar-refractivity contribution in [3.05, 3.63) is 65.2 Å². The standard InChI is InChI=1S/C17H16F2N2O2/c1-11(22)21-15-6-3-13(4-7-15)17(23)20-9-8-12-2-5-14(18)10-16(12)19/h2-7,10H,8-9H2,1H3,(H,20,23)(H,21,22). The van der Waals surface area contributed by atoms with Crippen LogP contribution in [0.1, 0.15) is 22.8 Å². The molecule has 0 aliphatic rings. The van der Waals surface area contributed by atoms with E-state index in [1.165, 1.54) is 19.1 Å². The zero-order chi connectivity index (χ0) is 16.8. The number of anilines is 1. The fourth-order valence-electron chi connectivity index (χ4n) is 2.05. The summed E-state index contributed by atoms with van der Waals surface area (Å²) in [6.45, 7) is 1.63. The summed E-state index contributed by atoms with van der Waals surface area (Å²) in [4.78, 5) is 22.9. The number of nitrogens with one attached hydrogen (secondary N) is 2. The molecule has 0 aromatic heterocycles. The van der Waals surface area contributed by atoms with Crippen molar-refractivity contribution in [1.29, 1.82) is 0 Å². The summed E-state index contributed by atoms with van der Waals surface area (Å²) in [5.74, 6) is -1.75. The van der Waals surface area contributed by atoms with Gasteiger partial charge in [0.15, 0.2) is 0 Å². The van der Waals surface area contributed by atoms with Crippen molar-refractivity contribution in [2.45, 2.75) is 13.3 Å². The molecule has 6 heteroatoms. The van der Waals surface area contributed by atoms with Crippen molar-refractivity contribution in [2.24, 2.45) is 0 Å². The first kappa shape index (κ1) is 16.6. The molecule has 2 N–H and O–H groups in total. The third-order valence-corrected chi connectivity index (χ3v) is 3.16. The molecule has 0 saturated heterocycles. The molecule has 0 radical (unpaired) electrons. The number of rotatable bonds is 5. The smallest absolute Gasteiger partial charge is 0.251 e. The Balaban J connectivity index is 1.88. The fraction of sp³-hybridized carbons (Fsp3) is 0.176. The summed E-state index contributed by atoms with van der Waals surface area (Å²) < 4.78 is 26.3. The third kappa shape index (κ3) is 4.88. The van der Waals surface area contributed by atoms with Gasteiger partial charge in [0.05, 0.1) is 0 Å². The van der Waals surface area contributed by atoms with Gasteiger partial charge in [0, 0.05) is 30.8 Å². The zero-order valence-corrected chi connectivity index (χ0v) is 12.5. The van der Waals surface area contributed by atoms with Crippen molar-refractivity contribution in [3.63, 3.8) is 0 Å². The molecule has 0 bridgehead atoms. The van der Waals surface area contributed by atoms with E-state index in [-0.39, 0.29) is 24.8 Å². The topological polar surface area (TPSA) is 58.2 Å². The van der Waals surface area contributed by atoms with Crippen LogP contribution in [-0.4, -0.2) is 18.4 Å². The van der Waals surface area contributed by atoms with Crippen LogP contribution in [0.2, 0.25) is 0 Å². The lowest BCUT2D eigenvalue weighted by Gasteiger charge is -2.07. The highest BCUT2D eigenvalue weighted by molar-refractivity contribution is 5.95. The lowest BCUT2D eigenvalue weighted by Crippen LogP contribution is -2.25. The SMILES string of the molecule is CC(=O)Nc1ccc(C(=O)NCCc2ccc(F)cc2F)cc1. The molecule has 120 valence electrons. The van der Waals surface area contributed by atoms with Crippen molar-refractivity contribution >= 4 is 17.5 Å². The Morgan fingerprint density at radius 3 is 2.35 bits per heavy atom. The van der Waals surface area contributed by atoms with Crippen molar-refractivity contribution < 1.29 is 18.4 Å². The highest BCUT2D eigenvalue weighted by Crippen LogP contribution is 2.11. The second-order valence-corrected chi connectivity index (χ2v) is 5.00. The van der Waals surface area contributed by atoms with E-state index in [0.29, 0.717) is 16.8 Å². The molecule has 4 nitrogen and oxygen atoms in total.